The molecule has 5 N–H and O–H groups in total. The Morgan fingerprint density at radius 3 is 2.69 bits per heavy atom. The van der Waals surface area contributed by atoms with Crippen LogP contribution in [0.5, 0.6) is 11.5 Å². The molecule has 1 spiro atoms. The lowest BCUT2D eigenvalue weighted by atomic mass is 9.47. The van der Waals surface area contributed by atoms with Crippen molar-refractivity contribution in [1.82, 2.24) is 0 Å². The Morgan fingerprint density at radius 1 is 1.21 bits per heavy atom. The number of benzene rings is 1. The van der Waals surface area contributed by atoms with Gasteiger partial charge in [0, 0.05) is 12.1 Å². The van der Waals surface area contributed by atoms with E-state index >= 15 is 0 Å². The van der Waals surface area contributed by atoms with Gasteiger partial charge in [0.05, 0.1) is 23.9 Å². The molecular formula is C27H31NO11. The zero-order valence-electron chi connectivity index (χ0n) is 21.4. The molecule has 1 aromatic carbocycles. The van der Waals surface area contributed by atoms with Gasteiger partial charge in [0.1, 0.15) is 5.76 Å². The van der Waals surface area contributed by atoms with E-state index in [4.69, 9.17) is 29.8 Å². The predicted molar refractivity (Wildman–Crippen MR) is 130 cm³/mol. The van der Waals surface area contributed by atoms with Crippen LogP contribution in [0.15, 0.2) is 24.0 Å². The zero-order valence-corrected chi connectivity index (χ0v) is 21.4. The number of hydrogen-bond donors (Lipinski definition) is 4. The second-order valence-electron chi connectivity index (χ2n) is 10.6. The van der Waals surface area contributed by atoms with Crippen molar-refractivity contribution in [2.75, 3.05) is 6.54 Å². The van der Waals surface area contributed by atoms with Gasteiger partial charge >= 0.3 is 23.9 Å². The maximum Gasteiger partial charge on any atom is 0.348 e. The Morgan fingerprint density at radius 2 is 1.97 bits per heavy atom. The summed E-state index contributed by atoms with van der Waals surface area (Å²) < 4.78 is 21.7. The number of aliphatic hydroxyl groups is 1. The molecule has 210 valence electrons. The number of nitrogens with two attached hydrogens (primary N) is 1. The van der Waals surface area contributed by atoms with E-state index in [1.165, 1.54) is 0 Å². The summed E-state index contributed by atoms with van der Waals surface area (Å²) >= 11 is 0. The minimum atomic E-state index is -1.76. The number of rotatable bonds is 9. The van der Waals surface area contributed by atoms with E-state index in [0.717, 1.165) is 30.9 Å². The molecule has 0 saturated heterocycles. The first-order valence-electron chi connectivity index (χ1n) is 13.0. The molecule has 1 aliphatic heterocycles. The number of phenolic OH excluding ortho intramolecular Hbond substituents is 1. The SMILES string of the molecule is C[C@H](OC(=O)[C@H](CC(=O)OC1=CC[C@@]2(O)[C@@H]3CCC[C@@]24c2c(ccc(O)c2O[C@@H]14)C3)OC(=O)CCN)C(=O)O. The number of carbonyl (C=O) groups excluding carboxylic acids is 3. The van der Waals surface area contributed by atoms with Crippen LogP contribution in [-0.4, -0.2) is 69.7 Å². The lowest BCUT2D eigenvalue weighted by Gasteiger charge is -2.59. The van der Waals surface area contributed by atoms with Crippen molar-refractivity contribution in [3.63, 3.8) is 0 Å². The first-order chi connectivity index (χ1) is 18.5. The van der Waals surface area contributed by atoms with Crippen LogP contribution in [0.4, 0.5) is 0 Å². The summed E-state index contributed by atoms with van der Waals surface area (Å²) in [7, 11) is 0. The minimum absolute atomic E-state index is 0.0359. The number of esters is 3. The van der Waals surface area contributed by atoms with Crippen molar-refractivity contribution in [2.24, 2.45) is 11.7 Å². The maximum atomic E-state index is 13.1. The van der Waals surface area contributed by atoms with Gasteiger partial charge in [-0.2, -0.15) is 0 Å². The lowest BCUT2D eigenvalue weighted by molar-refractivity contribution is -0.179. The molecule has 1 saturated carbocycles. The molecule has 12 heteroatoms. The number of hydrogen-bond acceptors (Lipinski definition) is 11. The molecule has 12 nitrogen and oxygen atoms in total. The molecule has 39 heavy (non-hydrogen) atoms. The van der Waals surface area contributed by atoms with Gasteiger partial charge in [0.15, 0.2) is 23.7 Å². The Balaban J connectivity index is 1.40. The van der Waals surface area contributed by atoms with Gasteiger partial charge in [-0.15, -0.1) is 0 Å². The molecule has 0 radical (unpaired) electrons. The Bertz CT molecular complexity index is 1260. The molecule has 0 unspecified atom stereocenters. The van der Waals surface area contributed by atoms with Gasteiger partial charge < -0.3 is 40.0 Å². The quantitative estimate of drug-likeness (QED) is 0.254. The van der Waals surface area contributed by atoms with Gasteiger partial charge in [0.25, 0.3) is 0 Å². The molecule has 6 atom stereocenters. The van der Waals surface area contributed by atoms with E-state index in [0.29, 0.717) is 12.8 Å². The van der Waals surface area contributed by atoms with Gasteiger partial charge in [-0.25, -0.2) is 9.59 Å². The predicted octanol–water partition coefficient (Wildman–Crippen LogP) is 0.976. The van der Waals surface area contributed by atoms with Gasteiger partial charge in [-0.05, 0) is 56.2 Å². The zero-order chi connectivity index (χ0) is 28.1. The first-order valence-corrected chi connectivity index (χ1v) is 13.0. The van der Waals surface area contributed by atoms with Crippen LogP contribution in [-0.2, 0) is 45.2 Å². The molecule has 3 aliphatic carbocycles. The number of carbonyl (C=O) groups is 4. The summed E-state index contributed by atoms with van der Waals surface area (Å²) in [5.41, 5.74) is 4.99. The second-order valence-corrected chi connectivity index (χ2v) is 10.6. The minimum Gasteiger partial charge on any atom is -0.504 e. The second kappa shape index (κ2) is 9.83. The van der Waals surface area contributed by atoms with Crippen molar-refractivity contribution in [3.05, 3.63) is 35.1 Å². The molecule has 0 aromatic heterocycles. The third-order valence-electron chi connectivity index (χ3n) is 8.37. The summed E-state index contributed by atoms with van der Waals surface area (Å²) in [5, 5.41) is 31.7. The molecular weight excluding hydrogens is 514 g/mol. The molecule has 5 rings (SSSR count). The van der Waals surface area contributed by atoms with E-state index in [-0.39, 0.29) is 42.6 Å². The fraction of sp³-hybridized carbons (Fsp3) is 0.556. The Hall–Kier alpha value is -3.64. The van der Waals surface area contributed by atoms with Crippen molar-refractivity contribution in [1.29, 1.82) is 0 Å². The summed E-state index contributed by atoms with van der Waals surface area (Å²) in [4.78, 5) is 48.7. The molecule has 1 aromatic rings. The smallest absolute Gasteiger partial charge is 0.348 e. The van der Waals surface area contributed by atoms with Gasteiger partial charge in [-0.1, -0.05) is 12.5 Å². The molecule has 4 aliphatic rings. The van der Waals surface area contributed by atoms with Crippen LogP contribution in [0, 0.1) is 5.92 Å². The van der Waals surface area contributed by atoms with Crippen LogP contribution in [0.25, 0.3) is 0 Å². The highest BCUT2D eigenvalue weighted by Crippen LogP contribution is 2.67. The van der Waals surface area contributed by atoms with Crippen LogP contribution >= 0.6 is 0 Å². The molecule has 1 fully saturated rings. The van der Waals surface area contributed by atoms with Crippen molar-refractivity contribution in [3.8, 4) is 11.5 Å². The normalized spacial score (nSPS) is 29.2. The average Bonchev–Trinajstić information content (AvgIpc) is 3.22. The van der Waals surface area contributed by atoms with E-state index < -0.39 is 59.6 Å². The van der Waals surface area contributed by atoms with Gasteiger partial charge in [-0.3, -0.25) is 9.59 Å². The van der Waals surface area contributed by atoms with Crippen LogP contribution in [0.3, 0.4) is 0 Å². The maximum absolute atomic E-state index is 13.1. The number of aromatic hydroxyl groups is 1. The fourth-order valence-corrected chi connectivity index (χ4v) is 6.66. The number of carboxylic acid groups (broad SMARTS) is 1. The third-order valence-corrected chi connectivity index (χ3v) is 8.37. The summed E-state index contributed by atoms with van der Waals surface area (Å²) in [5.74, 6) is -4.20. The third kappa shape index (κ3) is 4.22. The highest BCUT2D eigenvalue weighted by atomic mass is 16.6. The van der Waals surface area contributed by atoms with E-state index in [9.17, 15) is 29.4 Å². The Labute approximate surface area is 223 Å². The number of carboxylic acids is 1. The monoisotopic (exact) mass is 545 g/mol. The standard InChI is InChI=1S/C27H31NO11/c1-13(24(32)33)36-25(34)18(38-19(30)7-10-28)12-20(31)37-17-6-9-27(35)15-3-2-8-26(27)21-14(11-15)4-5-16(29)22(21)39-23(17)26/h4-6,13,15,18,23,29,35H,2-3,7-12,28H2,1H3,(H,32,33)/t13-,15+,18-,23-,26-,27+/m0/s1. The number of ether oxygens (including phenoxy) is 4. The van der Waals surface area contributed by atoms with Crippen molar-refractivity contribution < 1.29 is 53.4 Å². The molecule has 2 bridgehead atoms. The van der Waals surface area contributed by atoms with E-state index in [2.05, 4.69) is 0 Å². The first kappa shape index (κ1) is 26.9. The number of phenols is 1. The van der Waals surface area contributed by atoms with E-state index in [1.807, 2.05) is 6.07 Å². The lowest BCUT2D eigenvalue weighted by Crippen LogP contribution is -2.67. The van der Waals surface area contributed by atoms with Crippen LogP contribution < -0.4 is 10.5 Å². The topological polar surface area (TPSA) is 192 Å². The van der Waals surface area contributed by atoms with Crippen LogP contribution in [0.1, 0.15) is 56.6 Å². The van der Waals surface area contributed by atoms with Crippen molar-refractivity contribution in [2.45, 2.75) is 81.2 Å². The Kier molecular flexibility index (Phi) is 6.79. The van der Waals surface area contributed by atoms with Crippen LogP contribution in [0.2, 0.25) is 0 Å². The summed E-state index contributed by atoms with van der Waals surface area (Å²) in [6.07, 6.45) is -0.559. The number of aliphatic carboxylic acids is 1. The highest BCUT2D eigenvalue weighted by molar-refractivity contribution is 5.86. The summed E-state index contributed by atoms with van der Waals surface area (Å²) in [6.45, 7) is 1.05. The van der Waals surface area contributed by atoms with E-state index in [1.54, 1.807) is 12.1 Å². The highest BCUT2D eigenvalue weighted by Gasteiger charge is 2.70. The molecule has 0 amide bonds. The summed E-state index contributed by atoms with van der Waals surface area (Å²) in [6, 6.07) is 3.40. The fourth-order valence-electron chi connectivity index (χ4n) is 6.66. The van der Waals surface area contributed by atoms with Crippen molar-refractivity contribution >= 4 is 23.9 Å². The van der Waals surface area contributed by atoms with Gasteiger partial charge in [0.2, 0.25) is 6.10 Å². The average molecular weight is 546 g/mol. The largest absolute Gasteiger partial charge is 0.504 e. The molecule has 1 heterocycles.